The molecule has 15 heavy (non-hydrogen) atoms. The number of nitro benzene ring substituents is 1. The van der Waals surface area contributed by atoms with Crippen molar-refractivity contribution >= 4 is 5.69 Å². The number of aliphatic hydroxyl groups excluding tert-OH is 1. The molecule has 0 fully saturated rings. The highest BCUT2D eigenvalue weighted by atomic mass is 16.6. The summed E-state index contributed by atoms with van der Waals surface area (Å²) in [6.07, 6.45) is -1.39. The van der Waals surface area contributed by atoms with Gasteiger partial charge in [-0.1, -0.05) is 12.1 Å². The lowest BCUT2D eigenvalue weighted by molar-refractivity contribution is -0.384. The van der Waals surface area contributed by atoms with E-state index in [4.69, 9.17) is 10.2 Å². The van der Waals surface area contributed by atoms with Crippen molar-refractivity contribution in [3.63, 3.8) is 0 Å². The van der Waals surface area contributed by atoms with Gasteiger partial charge in [0.15, 0.2) is 6.29 Å². The molecular weight excluding hydrogens is 200 g/mol. The molecule has 0 spiro atoms. The molecule has 0 bridgehead atoms. The normalized spacial score (nSPS) is 10.6. The zero-order chi connectivity index (χ0) is 11.3. The summed E-state index contributed by atoms with van der Waals surface area (Å²) in [6.45, 7) is 0.507. The Bertz CT molecular complexity index is 323. The molecule has 0 radical (unpaired) electrons. The number of rotatable bonds is 5. The monoisotopic (exact) mass is 212 g/mol. The predicted molar refractivity (Wildman–Crippen MR) is 53.0 cm³/mol. The van der Waals surface area contributed by atoms with Crippen molar-refractivity contribution in [2.24, 2.45) is 0 Å². The zero-order valence-corrected chi connectivity index (χ0v) is 7.96. The van der Waals surface area contributed by atoms with Crippen LogP contribution in [0.5, 0.6) is 0 Å². The summed E-state index contributed by atoms with van der Waals surface area (Å²) in [6, 6.07) is 6.06. The Morgan fingerprint density at radius 1 is 1.33 bits per heavy atom. The second kappa shape index (κ2) is 5.40. The molecule has 0 heterocycles. The van der Waals surface area contributed by atoms with Crippen LogP contribution in [0.4, 0.5) is 5.69 Å². The molecule has 0 atom stereocenters. The third-order valence-electron chi connectivity index (χ3n) is 1.80. The second-order valence-corrected chi connectivity index (χ2v) is 3.04. The third kappa shape index (κ3) is 4.03. The summed E-state index contributed by atoms with van der Waals surface area (Å²) in [5.74, 6) is 0. The Kier molecular flexibility index (Phi) is 4.17. The number of nitrogens with zero attached hydrogens (tertiary/aromatic N) is 1. The summed E-state index contributed by atoms with van der Waals surface area (Å²) in [7, 11) is 0. The molecule has 0 saturated carbocycles. The van der Waals surface area contributed by atoms with Crippen LogP contribution in [0, 0.1) is 10.1 Å². The Morgan fingerprint density at radius 2 is 1.93 bits per heavy atom. The first kappa shape index (κ1) is 11.6. The molecular formula is C9H12N2O4. The highest BCUT2D eigenvalue weighted by Crippen LogP contribution is 2.11. The van der Waals surface area contributed by atoms with E-state index in [0.717, 1.165) is 5.56 Å². The molecule has 3 N–H and O–H groups in total. The van der Waals surface area contributed by atoms with Crippen LogP contribution in [0.15, 0.2) is 24.3 Å². The van der Waals surface area contributed by atoms with E-state index in [1.807, 2.05) is 0 Å². The van der Waals surface area contributed by atoms with Crippen LogP contribution < -0.4 is 5.32 Å². The van der Waals surface area contributed by atoms with Gasteiger partial charge in [-0.15, -0.1) is 0 Å². The lowest BCUT2D eigenvalue weighted by atomic mass is 10.2. The highest BCUT2D eigenvalue weighted by Gasteiger charge is 2.03. The number of hydrogen-bond acceptors (Lipinski definition) is 5. The molecule has 0 aromatic heterocycles. The minimum absolute atomic E-state index is 0.0425. The molecule has 82 valence electrons. The molecule has 6 heteroatoms. The first-order valence-corrected chi connectivity index (χ1v) is 4.40. The number of non-ortho nitro benzene ring substituents is 1. The number of nitro groups is 1. The van der Waals surface area contributed by atoms with Gasteiger partial charge in [-0.25, -0.2) is 0 Å². The average Bonchev–Trinajstić information content (AvgIpc) is 2.18. The number of benzene rings is 1. The smallest absolute Gasteiger partial charge is 0.269 e. The molecule has 1 rings (SSSR count). The molecule has 0 aliphatic heterocycles. The maximum atomic E-state index is 10.3. The number of hydrogen-bond donors (Lipinski definition) is 3. The fourth-order valence-corrected chi connectivity index (χ4v) is 1.08. The Labute approximate surface area is 86.3 Å². The lowest BCUT2D eigenvalue weighted by Gasteiger charge is -2.05. The number of nitrogens with one attached hydrogen (secondary N) is 1. The van der Waals surface area contributed by atoms with Crippen molar-refractivity contribution in [2.45, 2.75) is 12.8 Å². The standard InChI is InChI=1S/C9H12N2O4/c12-9(13)6-10-5-7-1-3-8(4-2-7)11(14)15/h1-4,9-10,12-13H,5-6H2. The number of aliphatic hydroxyl groups is 2. The van der Waals surface area contributed by atoms with Gasteiger partial charge in [-0.3, -0.25) is 10.1 Å². The summed E-state index contributed by atoms with van der Waals surface area (Å²) in [5.41, 5.74) is 0.891. The quantitative estimate of drug-likeness (QED) is 0.362. The predicted octanol–water partition coefficient (Wildman–Crippen LogP) is -0.00490. The van der Waals surface area contributed by atoms with E-state index in [-0.39, 0.29) is 12.2 Å². The van der Waals surface area contributed by atoms with Crippen LogP contribution in [-0.4, -0.2) is 28.0 Å². The summed E-state index contributed by atoms with van der Waals surface area (Å²) in [4.78, 5) is 9.88. The molecule has 0 aliphatic rings. The Hall–Kier alpha value is -1.50. The van der Waals surface area contributed by atoms with Gasteiger partial charge in [-0.2, -0.15) is 0 Å². The topological polar surface area (TPSA) is 95.6 Å². The lowest BCUT2D eigenvalue weighted by Crippen LogP contribution is -2.25. The zero-order valence-electron chi connectivity index (χ0n) is 7.96. The molecule has 1 aromatic rings. The Morgan fingerprint density at radius 3 is 2.40 bits per heavy atom. The Balaban J connectivity index is 2.46. The van der Waals surface area contributed by atoms with Crippen molar-refractivity contribution in [2.75, 3.05) is 6.54 Å². The minimum Gasteiger partial charge on any atom is -0.367 e. The molecule has 1 aromatic carbocycles. The fraction of sp³-hybridized carbons (Fsp3) is 0.333. The average molecular weight is 212 g/mol. The van der Waals surface area contributed by atoms with E-state index >= 15 is 0 Å². The van der Waals surface area contributed by atoms with Crippen LogP contribution in [0.3, 0.4) is 0 Å². The van der Waals surface area contributed by atoms with Crippen LogP contribution in [0.2, 0.25) is 0 Å². The molecule has 0 saturated heterocycles. The van der Waals surface area contributed by atoms with E-state index in [2.05, 4.69) is 5.32 Å². The molecule has 0 aliphatic carbocycles. The van der Waals surface area contributed by atoms with Crippen molar-refractivity contribution in [3.05, 3.63) is 39.9 Å². The van der Waals surface area contributed by atoms with Crippen molar-refractivity contribution in [1.29, 1.82) is 0 Å². The first-order chi connectivity index (χ1) is 7.09. The van der Waals surface area contributed by atoms with Crippen LogP contribution in [0.25, 0.3) is 0 Å². The minimum atomic E-state index is -1.39. The van der Waals surface area contributed by atoms with E-state index in [1.54, 1.807) is 12.1 Å². The second-order valence-electron chi connectivity index (χ2n) is 3.04. The SMILES string of the molecule is O=[N+]([O-])c1ccc(CNCC(O)O)cc1. The van der Waals surface area contributed by atoms with Gasteiger partial charge in [0.2, 0.25) is 0 Å². The van der Waals surface area contributed by atoms with Crippen molar-refractivity contribution < 1.29 is 15.1 Å². The van der Waals surface area contributed by atoms with Crippen molar-refractivity contribution in [1.82, 2.24) is 5.32 Å². The first-order valence-electron chi connectivity index (χ1n) is 4.40. The highest BCUT2D eigenvalue weighted by molar-refractivity contribution is 5.32. The summed E-state index contributed by atoms with van der Waals surface area (Å²) >= 11 is 0. The summed E-state index contributed by atoms with van der Waals surface area (Å²) < 4.78 is 0. The van der Waals surface area contributed by atoms with E-state index in [1.165, 1.54) is 12.1 Å². The van der Waals surface area contributed by atoms with Gasteiger partial charge in [0, 0.05) is 25.2 Å². The van der Waals surface area contributed by atoms with E-state index in [0.29, 0.717) is 6.54 Å². The van der Waals surface area contributed by atoms with E-state index < -0.39 is 11.2 Å². The van der Waals surface area contributed by atoms with Crippen LogP contribution in [0.1, 0.15) is 5.56 Å². The van der Waals surface area contributed by atoms with Gasteiger partial charge in [-0.05, 0) is 5.56 Å². The van der Waals surface area contributed by atoms with Gasteiger partial charge in [0.1, 0.15) is 0 Å². The van der Waals surface area contributed by atoms with Gasteiger partial charge in [0.25, 0.3) is 5.69 Å². The largest absolute Gasteiger partial charge is 0.367 e. The third-order valence-corrected chi connectivity index (χ3v) is 1.80. The van der Waals surface area contributed by atoms with E-state index in [9.17, 15) is 10.1 Å². The van der Waals surface area contributed by atoms with Gasteiger partial charge in [0.05, 0.1) is 4.92 Å². The maximum absolute atomic E-state index is 10.3. The fourth-order valence-electron chi connectivity index (χ4n) is 1.08. The van der Waals surface area contributed by atoms with Crippen molar-refractivity contribution in [3.8, 4) is 0 Å². The van der Waals surface area contributed by atoms with Crippen LogP contribution in [-0.2, 0) is 6.54 Å². The molecule has 0 unspecified atom stereocenters. The van der Waals surface area contributed by atoms with Crippen LogP contribution >= 0.6 is 0 Å². The summed E-state index contributed by atoms with van der Waals surface area (Å²) in [5, 5.41) is 30.2. The molecule has 0 amide bonds. The maximum Gasteiger partial charge on any atom is 0.269 e. The van der Waals surface area contributed by atoms with Gasteiger partial charge >= 0.3 is 0 Å². The van der Waals surface area contributed by atoms with Gasteiger partial charge < -0.3 is 15.5 Å². The molecule has 6 nitrogen and oxygen atoms in total.